The van der Waals surface area contributed by atoms with Crippen LogP contribution in [0, 0.1) is 0 Å². The molecule has 1 aromatic carbocycles. The zero-order valence-corrected chi connectivity index (χ0v) is 16.3. The van der Waals surface area contributed by atoms with Crippen LogP contribution in [-0.4, -0.2) is 52.5 Å². The van der Waals surface area contributed by atoms with Crippen LogP contribution in [0.3, 0.4) is 0 Å². The van der Waals surface area contributed by atoms with Crippen molar-refractivity contribution in [3.8, 4) is 11.5 Å². The zero-order valence-electron chi connectivity index (χ0n) is 16.3. The fourth-order valence-corrected chi connectivity index (χ4v) is 3.23. The van der Waals surface area contributed by atoms with E-state index in [1.807, 2.05) is 25.1 Å². The number of imidazole rings is 1. The van der Waals surface area contributed by atoms with Crippen LogP contribution in [0.15, 0.2) is 24.5 Å². The van der Waals surface area contributed by atoms with Gasteiger partial charge in [0.1, 0.15) is 23.3 Å². The molecule has 10 heteroatoms. The molecule has 2 aromatic heterocycles. The van der Waals surface area contributed by atoms with Gasteiger partial charge < -0.3 is 30.5 Å². The number of pyridine rings is 1. The minimum Gasteiger partial charge on any atom is -0.503 e. The van der Waals surface area contributed by atoms with E-state index in [4.69, 9.17) is 9.47 Å². The smallest absolute Gasteiger partial charge is 0.328 e. The van der Waals surface area contributed by atoms with Crippen molar-refractivity contribution in [3.63, 3.8) is 0 Å². The van der Waals surface area contributed by atoms with E-state index in [9.17, 15) is 9.90 Å². The van der Waals surface area contributed by atoms with Crippen LogP contribution in [0.5, 0.6) is 11.5 Å². The number of hydrogen-bond donors (Lipinski definition) is 4. The zero-order chi connectivity index (χ0) is 20.5. The van der Waals surface area contributed by atoms with Gasteiger partial charge in [0.15, 0.2) is 17.2 Å². The monoisotopic (exact) mass is 398 g/mol. The summed E-state index contributed by atoms with van der Waals surface area (Å²) in [4.78, 5) is 21.4. The van der Waals surface area contributed by atoms with Crippen LogP contribution in [0.1, 0.15) is 12.5 Å². The highest BCUT2D eigenvalue weighted by Crippen LogP contribution is 2.39. The summed E-state index contributed by atoms with van der Waals surface area (Å²) in [5, 5.41) is 19.6. The lowest BCUT2D eigenvalue weighted by molar-refractivity contribution is 0.104. The lowest BCUT2D eigenvalue weighted by Crippen LogP contribution is -2.38. The highest BCUT2D eigenvalue weighted by Gasteiger charge is 2.22. The SMILES string of the molecule is CNc1c(O)c2nc3c1ncn3C(=O)NC(C)COCc1ccc(OC)c(c1)N2. The molecule has 4 rings (SSSR count). The summed E-state index contributed by atoms with van der Waals surface area (Å²) >= 11 is 0. The van der Waals surface area contributed by atoms with Gasteiger partial charge in [0.05, 0.1) is 32.1 Å². The number of aromatic hydroxyl groups is 1. The van der Waals surface area contributed by atoms with Crippen molar-refractivity contribution in [3.05, 3.63) is 30.1 Å². The first-order valence-corrected chi connectivity index (χ1v) is 9.12. The molecule has 0 saturated carbocycles. The molecule has 10 nitrogen and oxygen atoms in total. The van der Waals surface area contributed by atoms with Crippen LogP contribution in [-0.2, 0) is 11.3 Å². The Morgan fingerprint density at radius 1 is 1.41 bits per heavy atom. The first kappa shape index (κ1) is 18.8. The molecule has 1 aliphatic heterocycles. The average Bonchev–Trinajstić information content (AvgIpc) is 3.12. The van der Waals surface area contributed by atoms with Crippen LogP contribution < -0.4 is 20.7 Å². The van der Waals surface area contributed by atoms with E-state index in [0.717, 1.165) is 5.56 Å². The quantitative estimate of drug-likeness (QED) is 0.519. The molecule has 0 radical (unpaired) electrons. The Bertz CT molecular complexity index is 1080. The van der Waals surface area contributed by atoms with Gasteiger partial charge in [-0.3, -0.25) is 0 Å². The van der Waals surface area contributed by atoms with Gasteiger partial charge in [-0.25, -0.2) is 19.3 Å². The maximum Gasteiger partial charge on any atom is 0.328 e. The molecule has 1 atom stereocenters. The highest BCUT2D eigenvalue weighted by atomic mass is 16.5. The molecule has 4 bridgehead atoms. The van der Waals surface area contributed by atoms with Crippen LogP contribution in [0.4, 0.5) is 22.0 Å². The fourth-order valence-electron chi connectivity index (χ4n) is 3.23. The second-order valence-corrected chi connectivity index (χ2v) is 6.75. The second kappa shape index (κ2) is 7.47. The molecule has 0 saturated heterocycles. The van der Waals surface area contributed by atoms with E-state index in [1.54, 1.807) is 14.2 Å². The van der Waals surface area contributed by atoms with E-state index in [2.05, 4.69) is 25.9 Å². The molecule has 29 heavy (non-hydrogen) atoms. The summed E-state index contributed by atoms with van der Waals surface area (Å²) < 4.78 is 12.5. The van der Waals surface area contributed by atoms with Gasteiger partial charge in [0.25, 0.3) is 0 Å². The third kappa shape index (κ3) is 3.38. The van der Waals surface area contributed by atoms with Gasteiger partial charge in [0.2, 0.25) is 0 Å². The Morgan fingerprint density at radius 2 is 2.24 bits per heavy atom. The van der Waals surface area contributed by atoms with Gasteiger partial charge in [-0.2, -0.15) is 0 Å². The number of rotatable bonds is 2. The summed E-state index contributed by atoms with van der Waals surface area (Å²) in [7, 11) is 3.22. The van der Waals surface area contributed by atoms with E-state index in [1.165, 1.54) is 10.9 Å². The van der Waals surface area contributed by atoms with Crippen molar-refractivity contribution >= 4 is 34.4 Å². The molecule has 0 aliphatic carbocycles. The number of benzene rings is 1. The summed E-state index contributed by atoms with van der Waals surface area (Å²) in [5.74, 6) is 0.625. The Balaban J connectivity index is 1.93. The number of amides is 1. The van der Waals surface area contributed by atoms with Crippen molar-refractivity contribution in [2.75, 3.05) is 31.4 Å². The lowest BCUT2D eigenvalue weighted by atomic mass is 10.2. The van der Waals surface area contributed by atoms with E-state index >= 15 is 0 Å². The molecule has 3 heterocycles. The Hall–Kier alpha value is -3.53. The van der Waals surface area contributed by atoms with Gasteiger partial charge >= 0.3 is 6.03 Å². The first-order valence-electron chi connectivity index (χ1n) is 9.12. The average molecular weight is 398 g/mol. The second-order valence-electron chi connectivity index (χ2n) is 6.75. The number of methoxy groups -OCH3 is 1. The minimum atomic E-state index is -0.386. The van der Waals surface area contributed by atoms with E-state index in [0.29, 0.717) is 41.5 Å². The van der Waals surface area contributed by atoms with Crippen LogP contribution >= 0.6 is 0 Å². The van der Waals surface area contributed by atoms with Crippen molar-refractivity contribution < 1.29 is 19.4 Å². The molecular weight excluding hydrogens is 376 g/mol. The topological polar surface area (TPSA) is 123 Å². The summed E-state index contributed by atoms with van der Waals surface area (Å²) in [6.07, 6.45) is 1.37. The van der Waals surface area contributed by atoms with Crippen LogP contribution in [0.25, 0.3) is 11.2 Å². The number of carbonyl (C=O) groups excluding carboxylic acids is 1. The van der Waals surface area contributed by atoms with Gasteiger partial charge in [0, 0.05) is 7.05 Å². The fraction of sp³-hybridized carbons (Fsp3) is 0.316. The number of ether oxygens (including phenoxy) is 2. The van der Waals surface area contributed by atoms with E-state index < -0.39 is 0 Å². The minimum absolute atomic E-state index is 0.116. The molecular formula is C19H22N6O4. The molecule has 152 valence electrons. The predicted octanol–water partition coefficient (Wildman–Crippen LogP) is 2.41. The molecule has 1 amide bonds. The third-order valence-electron chi connectivity index (χ3n) is 4.65. The molecule has 1 unspecified atom stereocenters. The Kier molecular flexibility index (Phi) is 4.85. The summed E-state index contributed by atoms with van der Waals surface area (Å²) in [6, 6.07) is 4.97. The van der Waals surface area contributed by atoms with Crippen molar-refractivity contribution in [2.45, 2.75) is 19.6 Å². The number of fused-ring (bicyclic) bond motifs is 3. The number of nitrogens with one attached hydrogen (secondary N) is 3. The number of aromatic nitrogens is 3. The molecule has 1 aliphatic rings. The van der Waals surface area contributed by atoms with Crippen LogP contribution in [0.2, 0.25) is 0 Å². The Labute approximate surface area is 166 Å². The highest BCUT2D eigenvalue weighted by molar-refractivity contribution is 5.98. The van der Waals surface area contributed by atoms with Gasteiger partial charge in [-0.15, -0.1) is 0 Å². The normalized spacial score (nSPS) is 16.8. The van der Waals surface area contributed by atoms with Gasteiger partial charge in [-0.1, -0.05) is 6.07 Å². The number of nitrogens with zero attached hydrogens (tertiary/aromatic N) is 3. The van der Waals surface area contributed by atoms with Crippen molar-refractivity contribution in [1.82, 2.24) is 19.9 Å². The van der Waals surface area contributed by atoms with Crippen molar-refractivity contribution in [2.24, 2.45) is 0 Å². The molecule has 4 N–H and O–H groups in total. The standard InChI is InChI=1S/C19H22N6O4/c1-10-7-29-8-11-4-5-13(28-3)12(6-11)23-17-16(26)14(20-2)15-18(24-17)25(9-21-15)19(27)22-10/h4-6,9-10,26H,7-8H2,1-3H3,(H,22,27)(H2,20,23,24). The predicted molar refractivity (Wildman–Crippen MR) is 108 cm³/mol. The van der Waals surface area contributed by atoms with E-state index in [-0.39, 0.29) is 23.6 Å². The van der Waals surface area contributed by atoms with Gasteiger partial charge in [-0.05, 0) is 24.6 Å². The largest absolute Gasteiger partial charge is 0.503 e. The van der Waals surface area contributed by atoms with Crippen molar-refractivity contribution in [1.29, 1.82) is 0 Å². The number of hydrogen-bond acceptors (Lipinski definition) is 8. The Morgan fingerprint density at radius 3 is 3.00 bits per heavy atom. The maximum absolute atomic E-state index is 12.7. The number of anilines is 3. The molecule has 3 aromatic rings. The summed E-state index contributed by atoms with van der Waals surface area (Å²) in [6.45, 7) is 2.55. The third-order valence-corrected chi connectivity index (χ3v) is 4.65. The first-order chi connectivity index (χ1) is 14.0. The maximum atomic E-state index is 12.7. The lowest BCUT2D eigenvalue weighted by Gasteiger charge is -2.18. The molecule has 0 fully saturated rings. The summed E-state index contributed by atoms with van der Waals surface area (Å²) in [5.41, 5.74) is 2.55. The molecule has 0 spiro atoms. The number of carbonyl (C=O) groups is 1.